The molecule has 10 rings (SSSR count). The van der Waals surface area contributed by atoms with Crippen molar-refractivity contribution in [3.63, 3.8) is 0 Å². The second-order valence-electron chi connectivity index (χ2n) is 12.8. The third-order valence-electron chi connectivity index (χ3n) is 8.97. The van der Waals surface area contributed by atoms with E-state index in [1.54, 1.807) is 55.9 Å². The Hall–Kier alpha value is -7.44. The predicted octanol–water partition coefficient (Wildman–Crippen LogP) is 3.35. The smallest absolute Gasteiger partial charge is 0.221 e. The first-order chi connectivity index (χ1) is 27.6. The van der Waals surface area contributed by atoms with Crippen molar-refractivity contribution in [3.8, 4) is 22.5 Å². The van der Waals surface area contributed by atoms with E-state index in [2.05, 4.69) is 72.9 Å². The molecule has 276 valence electrons. The normalized spacial score (nSPS) is 11.5. The minimum atomic E-state index is 0.0315. The standard InChI is InChI=1S/2C19H16N8O/c2*28-7-6-26-12-15(9-22-26)17-10-21-18-19(23-17)27(25-24-18)11-13-3-4-16-14(8-13)2-1-5-20-16/h2*1-5,8-10,12,28H,6-7,11H2. The lowest BCUT2D eigenvalue weighted by Crippen LogP contribution is -2.03. The average molecular weight is 745 g/mol. The Balaban J connectivity index is 0.000000146. The number of hydrogen-bond donors (Lipinski definition) is 2. The van der Waals surface area contributed by atoms with Gasteiger partial charge in [0.05, 0.1) is 86.6 Å². The van der Waals surface area contributed by atoms with Crippen LogP contribution in [0.4, 0.5) is 0 Å². The van der Waals surface area contributed by atoms with Crippen LogP contribution in [0.2, 0.25) is 0 Å². The van der Waals surface area contributed by atoms with Gasteiger partial charge >= 0.3 is 0 Å². The number of fused-ring (bicyclic) bond motifs is 4. The summed E-state index contributed by atoms with van der Waals surface area (Å²) in [5, 5.41) is 45.3. The van der Waals surface area contributed by atoms with Gasteiger partial charge in [-0.2, -0.15) is 10.2 Å². The zero-order valence-corrected chi connectivity index (χ0v) is 29.7. The molecule has 0 saturated carbocycles. The van der Waals surface area contributed by atoms with Crippen LogP contribution < -0.4 is 0 Å². The van der Waals surface area contributed by atoms with E-state index >= 15 is 0 Å². The van der Waals surface area contributed by atoms with Crippen molar-refractivity contribution >= 4 is 44.4 Å². The Labute approximate surface area is 316 Å². The summed E-state index contributed by atoms with van der Waals surface area (Å²) in [6.07, 6.45) is 13.9. The number of hydrogen-bond acceptors (Lipinski definition) is 14. The van der Waals surface area contributed by atoms with Crippen molar-refractivity contribution in [1.82, 2.24) is 79.5 Å². The lowest BCUT2D eigenvalue weighted by Gasteiger charge is -2.04. The molecular formula is C38H32N16O2. The topological polar surface area (TPSA) is 215 Å². The molecule has 18 nitrogen and oxygen atoms in total. The van der Waals surface area contributed by atoms with Gasteiger partial charge in [0.2, 0.25) is 11.3 Å². The molecule has 0 spiro atoms. The second-order valence-corrected chi connectivity index (χ2v) is 12.8. The molecule has 0 saturated heterocycles. The number of pyridine rings is 2. The molecule has 0 aliphatic rings. The Morgan fingerprint density at radius 2 is 1.02 bits per heavy atom. The Kier molecular flexibility index (Phi) is 9.27. The Morgan fingerprint density at radius 1 is 0.536 bits per heavy atom. The summed E-state index contributed by atoms with van der Waals surface area (Å²) >= 11 is 0. The summed E-state index contributed by atoms with van der Waals surface area (Å²) in [7, 11) is 0. The summed E-state index contributed by atoms with van der Waals surface area (Å²) in [5.41, 5.74) is 9.30. The molecule has 18 heteroatoms. The highest BCUT2D eigenvalue weighted by atomic mass is 16.3. The van der Waals surface area contributed by atoms with Gasteiger partial charge in [0.1, 0.15) is 0 Å². The maximum Gasteiger partial charge on any atom is 0.221 e. The first-order valence-electron chi connectivity index (χ1n) is 17.7. The van der Waals surface area contributed by atoms with Crippen LogP contribution in [0.15, 0.2) is 110 Å². The summed E-state index contributed by atoms with van der Waals surface area (Å²) in [5.74, 6) is 0. The van der Waals surface area contributed by atoms with Crippen LogP contribution in [-0.2, 0) is 26.2 Å². The van der Waals surface area contributed by atoms with E-state index in [9.17, 15) is 0 Å². The lowest BCUT2D eigenvalue weighted by molar-refractivity contribution is 0.269. The van der Waals surface area contributed by atoms with Crippen LogP contribution in [0.1, 0.15) is 11.1 Å². The number of aliphatic hydroxyl groups is 2. The van der Waals surface area contributed by atoms with Crippen LogP contribution in [-0.4, -0.2) is 103 Å². The van der Waals surface area contributed by atoms with Gasteiger partial charge in [0, 0.05) is 46.7 Å². The van der Waals surface area contributed by atoms with Crippen molar-refractivity contribution in [1.29, 1.82) is 0 Å². The van der Waals surface area contributed by atoms with Gasteiger partial charge in [-0.1, -0.05) is 34.7 Å². The van der Waals surface area contributed by atoms with Crippen LogP contribution in [0.3, 0.4) is 0 Å². The highest BCUT2D eigenvalue weighted by Gasteiger charge is 2.14. The molecule has 2 aromatic carbocycles. The molecule has 0 radical (unpaired) electrons. The van der Waals surface area contributed by atoms with Crippen molar-refractivity contribution in [3.05, 3.63) is 121 Å². The lowest BCUT2D eigenvalue weighted by atomic mass is 10.1. The third kappa shape index (κ3) is 7.11. The highest BCUT2D eigenvalue weighted by molar-refractivity contribution is 5.80. The number of aromatic nitrogens is 16. The van der Waals surface area contributed by atoms with Crippen LogP contribution in [0, 0.1) is 0 Å². The molecule has 0 atom stereocenters. The molecule has 8 aromatic heterocycles. The van der Waals surface area contributed by atoms with Gasteiger partial charge in [-0.25, -0.2) is 29.3 Å². The second kappa shape index (κ2) is 15.1. The van der Waals surface area contributed by atoms with E-state index in [4.69, 9.17) is 10.2 Å². The van der Waals surface area contributed by atoms with Gasteiger partial charge in [-0.3, -0.25) is 19.3 Å². The maximum atomic E-state index is 9.04. The molecule has 8 heterocycles. The quantitative estimate of drug-likeness (QED) is 0.206. The highest BCUT2D eigenvalue weighted by Crippen LogP contribution is 2.21. The molecular weight excluding hydrogens is 713 g/mol. The van der Waals surface area contributed by atoms with Gasteiger partial charge in [0.25, 0.3) is 0 Å². The molecule has 0 amide bonds. The first kappa shape index (κ1) is 34.3. The van der Waals surface area contributed by atoms with Crippen molar-refractivity contribution in [2.45, 2.75) is 26.2 Å². The van der Waals surface area contributed by atoms with E-state index in [-0.39, 0.29) is 13.2 Å². The molecule has 0 aliphatic carbocycles. The maximum absolute atomic E-state index is 9.04. The predicted molar refractivity (Wildman–Crippen MR) is 205 cm³/mol. The molecule has 10 aromatic rings. The van der Waals surface area contributed by atoms with E-state index in [0.717, 1.165) is 44.1 Å². The molecule has 0 unspecified atom stereocenters. The molecule has 0 aliphatic heterocycles. The first-order valence-corrected chi connectivity index (χ1v) is 17.7. The van der Waals surface area contributed by atoms with Crippen molar-refractivity contribution in [2.24, 2.45) is 0 Å². The van der Waals surface area contributed by atoms with E-state index < -0.39 is 0 Å². The average Bonchev–Trinajstić information content (AvgIpc) is 4.06. The Morgan fingerprint density at radius 3 is 1.48 bits per heavy atom. The SMILES string of the molecule is OCCn1cc(-c2cnc3nnn(Cc4ccc5ncccc5c4)c3n2)cn1.OCCn1cc(-c2cnc3nnn(Cc4ccc5ncccc5c4)c3n2)cn1. The van der Waals surface area contributed by atoms with E-state index in [1.807, 2.05) is 60.9 Å². The summed E-state index contributed by atoms with van der Waals surface area (Å²) in [6.45, 7) is 2.00. The largest absolute Gasteiger partial charge is 0.394 e. The van der Waals surface area contributed by atoms with Crippen molar-refractivity contribution < 1.29 is 10.2 Å². The van der Waals surface area contributed by atoms with Crippen LogP contribution >= 0.6 is 0 Å². The summed E-state index contributed by atoms with van der Waals surface area (Å²) in [4.78, 5) is 26.8. The minimum Gasteiger partial charge on any atom is -0.394 e. The van der Waals surface area contributed by atoms with E-state index in [0.29, 0.717) is 60.2 Å². The zero-order valence-electron chi connectivity index (χ0n) is 29.7. The minimum absolute atomic E-state index is 0.0315. The fourth-order valence-corrected chi connectivity index (χ4v) is 6.24. The van der Waals surface area contributed by atoms with E-state index in [1.165, 1.54) is 0 Å². The van der Waals surface area contributed by atoms with Gasteiger partial charge in [-0.05, 0) is 47.5 Å². The van der Waals surface area contributed by atoms with Crippen LogP contribution in [0.25, 0.3) is 66.9 Å². The Bertz CT molecular complexity index is 2750. The number of rotatable bonds is 10. The van der Waals surface area contributed by atoms with Gasteiger partial charge in [-0.15, -0.1) is 10.2 Å². The molecule has 56 heavy (non-hydrogen) atoms. The number of aliphatic hydroxyl groups excluding tert-OH is 2. The summed E-state index contributed by atoms with van der Waals surface area (Å²) < 4.78 is 6.81. The fourth-order valence-electron chi connectivity index (χ4n) is 6.24. The molecule has 2 N–H and O–H groups in total. The van der Waals surface area contributed by atoms with Gasteiger partial charge < -0.3 is 10.2 Å². The zero-order chi connectivity index (χ0) is 37.8. The summed E-state index contributed by atoms with van der Waals surface area (Å²) in [6, 6.07) is 20.1. The molecule has 0 fully saturated rings. The van der Waals surface area contributed by atoms with Crippen molar-refractivity contribution in [2.75, 3.05) is 13.2 Å². The number of benzene rings is 2. The monoisotopic (exact) mass is 744 g/mol. The number of nitrogens with zero attached hydrogens (tertiary/aromatic N) is 16. The fraction of sp³-hybridized carbons (Fsp3) is 0.158. The van der Waals surface area contributed by atoms with Gasteiger partial charge in [0.15, 0.2) is 11.3 Å². The third-order valence-corrected chi connectivity index (χ3v) is 8.97. The molecule has 0 bridgehead atoms. The van der Waals surface area contributed by atoms with Crippen LogP contribution in [0.5, 0.6) is 0 Å².